The second-order valence-electron chi connectivity index (χ2n) is 4.02. The fraction of sp³-hybridized carbons (Fsp3) is 0.231. The molecule has 0 aliphatic heterocycles. The molecule has 1 aromatic heterocycles. The highest BCUT2D eigenvalue weighted by molar-refractivity contribution is 9.10. The van der Waals surface area contributed by atoms with E-state index in [-0.39, 0.29) is 6.04 Å². The fourth-order valence-corrected chi connectivity index (χ4v) is 3.42. The second-order valence-corrected chi connectivity index (χ2v) is 5.61. The number of nitrogens with one attached hydrogen (secondary N) is 1. The molecule has 102 valence electrons. The van der Waals surface area contributed by atoms with Crippen molar-refractivity contribution in [3.8, 4) is 0 Å². The lowest BCUT2D eigenvalue weighted by molar-refractivity contribution is -0.137. The molecule has 19 heavy (non-hydrogen) atoms. The van der Waals surface area contributed by atoms with Crippen LogP contribution in [0.4, 0.5) is 13.2 Å². The first-order valence-electron chi connectivity index (χ1n) is 5.49. The molecule has 0 aliphatic rings. The van der Waals surface area contributed by atoms with Crippen LogP contribution in [-0.2, 0) is 6.18 Å². The summed E-state index contributed by atoms with van der Waals surface area (Å²) in [6.07, 6.45) is -4.30. The van der Waals surface area contributed by atoms with Crippen molar-refractivity contribution in [1.29, 1.82) is 0 Å². The van der Waals surface area contributed by atoms with E-state index in [0.717, 1.165) is 27.7 Å². The normalized spacial score (nSPS) is 13.5. The van der Waals surface area contributed by atoms with Crippen LogP contribution in [0.25, 0.3) is 0 Å². The Balaban J connectivity index is 2.33. The third-order valence-corrected chi connectivity index (χ3v) is 4.56. The Morgan fingerprint density at radius 3 is 2.21 bits per heavy atom. The summed E-state index contributed by atoms with van der Waals surface area (Å²) in [4.78, 5) is 0. The standard InChI is InChI=1S/C13H11BrF3NS/c1-18-12(10-6-19-7-11(10)14)8-2-4-9(5-3-8)13(15,16)17/h2-7,12,18H,1H3. The first-order valence-corrected chi connectivity index (χ1v) is 7.23. The zero-order valence-corrected chi connectivity index (χ0v) is 12.4. The van der Waals surface area contributed by atoms with Gasteiger partial charge in [0.1, 0.15) is 0 Å². The molecule has 0 saturated carbocycles. The highest BCUT2D eigenvalue weighted by Gasteiger charge is 2.30. The van der Waals surface area contributed by atoms with Crippen molar-refractivity contribution < 1.29 is 13.2 Å². The highest BCUT2D eigenvalue weighted by Crippen LogP contribution is 2.33. The van der Waals surface area contributed by atoms with Crippen LogP contribution in [0.2, 0.25) is 0 Å². The van der Waals surface area contributed by atoms with Gasteiger partial charge in [-0.1, -0.05) is 12.1 Å². The molecule has 1 aromatic carbocycles. The molecule has 6 heteroatoms. The van der Waals surface area contributed by atoms with Crippen molar-refractivity contribution >= 4 is 27.3 Å². The summed E-state index contributed by atoms with van der Waals surface area (Å²) in [6, 6.07) is 5.12. The molecule has 0 amide bonds. The lowest BCUT2D eigenvalue weighted by Crippen LogP contribution is -2.17. The van der Waals surface area contributed by atoms with E-state index in [0.29, 0.717) is 0 Å². The first kappa shape index (κ1) is 14.6. The number of halogens is 4. The van der Waals surface area contributed by atoms with Crippen molar-refractivity contribution in [3.63, 3.8) is 0 Å². The molecular formula is C13H11BrF3NS. The molecule has 0 bridgehead atoms. The molecule has 0 saturated heterocycles. The van der Waals surface area contributed by atoms with Crippen molar-refractivity contribution in [2.75, 3.05) is 7.05 Å². The lowest BCUT2D eigenvalue weighted by Gasteiger charge is -2.17. The quantitative estimate of drug-likeness (QED) is 0.835. The molecule has 0 aliphatic carbocycles. The molecule has 1 heterocycles. The van der Waals surface area contributed by atoms with Crippen LogP contribution in [-0.4, -0.2) is 7.05 Å². The molecule has 1 atom stereocenters. The third-order valence-electron chi connectivity index (χ3n) is 2.81. The SMILES string of the molecule is CNC(c1ccc(C(F)(F)F)cc1)c1cscc1Br. The number of rotatable bonds is 3. The summed E-state index contributed by atoms with van der Waals surface area (Å²) < 4.78 is 38.5. The molecule has 1 unspecified atom stereocenters. The van der Waals surface area contributed by atoms with Gasteiger partial charge in [0.25, 0.3) is 0 Å². The van der Waals surface area contributed by atoms with E-state index in [9.17, 15) is 13.2 Å². The van der Waals surface area contributed by atoms with Gasteiger partial charge in [-0.25, -0.2) is 0 Å². The first-order chi connectivity index (χ1) is 8.93. The van der Waals surface area contributed by atoms with Gasteiger partial charge in [0, 0.05) is 9.85 Å². The van der Waals surface area contributed by atoms with E-state index >= 15 is 0 Å². The summed E-state index contributed by atoms with van der Waals surface area (Å²) in [5.74, 6) is 0. The number of thiophene rings is 1. The zero-order chi connectivity index (χ0) is 14.0. The van der Waals surface area contributed by atoms with Crippen LogP contribution in [0.3, 0.4) is 0 Å². The summed E-state index contributed by atoms with van der Waals surface area (Å²) in [5.41, 5.74) is 1.19. The van der Waals surface area contributed by atoms with E-state index in [1.54, 1.807) is 18.4 Å². The molecule has 2 aromatic rings. The number of hydrogen-bond donors (Lipinski definition) is 1. The van der Waals surface area contributed by atoms with Crippen LogP contribution in [0.1, 0.15) is 22.7 Å². The van der Waals surface area contributed by atoms with Crippen molar-refractivity contribution in [2.45, 2.75) is 12.2 Å². The van der Waals surface area contributed by atoms with Gasteiger partial charge in [0.05, 0.1) is 11.6 Å². The average molecular weight is 350 g/mol. The second kappa shape index (κ2) is 5.64. The predicted octanol–water partition coefficient (Wildman–Crippen LogP) is 4.84. The van der Waals surface area contributed by atoms with E-state index in [4.69, 9.17) is 0 Å². The Morgan fingerprint density at radius 2 is 1.79 bits per heavy atom. The minimum atomic E-state index is -4.30. The molecule has 0 fully saturated rings. The van der Waals surface area contributed by atoms with Crippen LogP contribution in [0.15, 0.2) is 39.5 Å². The molecule has 0 radical (unpaired) electrons. The van der Waals surface area contributed by atoms with Crippen molar-refractivity contribution in [1.82, 2.24) is 5.32 Å². The van der Waals surface area contributed by atoms with E-state index < -0.39 is 11.7 Å². The maximum Gasteiger partial charge on any atom is 0.416 e. The topological polar surface area (TPSA) is 12.0 Å². The smallest absolute Gasteiger partial charge is 0.309 e. The fourth-order valence-electron chi connectivity index (χ4n) is 1.86. The van der Waals surface area contributed by atoms with Gasteiger partial charge < -0.3 is 5.32 Å². The van der Waals surface area contributed by atoms with Crippen molar-refractivity contribution in [2.24, 2.45) is 0 Å². The largest absolute Gasteiger partial charge is 0.416 e. The van der Waals surface area contributed by atoms with E-state index in [1.165, 1.54) is 12.1 Å². The van der Waals surface area contributed by atoms with Crippen LogP contribution in [0.5, 0.6) is 0 Å². The number of hydrogen-bond acceptors (Lipinski definition) is 2. The molecule has 2 rings (SSSR count). The van der Waals surface area contributed by atoms with E-state index in [2.05, 4.69) is 21.2 Å². The Morgan fingerprint density at radius 1 is 1.16 bits per heavy atom. The highest BCUT2D eigenvalue weighted by atomic mass is 79.9. The van der Waals surface area contributed by atoms with Gasteiger partial charge in [-0.3, -0.25) is 0 Å². The molecule has 1 N–H and O–H groups in total. The van der Waals surface area contributed by atoms with Crippen LogP contribution < -0.4 is 5.32 Å². The number of alkyl halides is 3. The summed E-state index contributed by atoms with van der Waals surface area (Å²) in [5, 5.41) is 7.04. The molecular weight excluding hydrogens is 339 g/mol. The van der Waals surface area contributed by atoms with Gasteiger partial charge in [0.15, 0.2) is 0 Å². The van der Waals surface area contributed by atoms with E-state index in [1.807, 2.05) is 10.8 Å². The molecule has 1 nitrogen and oxygen atoms in total. The summed E-state index contributed by atoms with van der Waals surface area (Å²) >= 11 is 4.99. The minimum absolute atomic E-state index is 0.122. The maximum atomic E-state index is 12.5. The minimum Gasteiger partial charge on any atom is -0.309 e. The van der Waals surface area contributed by atoms with Gasteiger partial charge in [-0.05, 0) is 51.6 Å². The summed E-state index contributed by atoms with van der Waals surface area (Å²) in [7, 11) is 1.78. The van der Waals surface area contributed by atoms with Gasteiger partial charge >= 0.3 is 6.18 Å². The van der Waals surface area contributed by atoms with Gasteiger partial charge in [-0.2, -0.15) is 24.5 Å². The maximum absolute atomic E-state index is 12.5. The van der Waals surface area contributed by atoms with Crippen molar-refractivity contribution in [3.05, 3.63) is 56.2 Å². The Labute approximate surface area is 121 Å². The monoisotopic (exact) mass is 349 g/mol. The Hall–Kier alpha value is -0.850. The third kappa shape index (κ3) is 3.19. The number of benzene rings is 1. The predicted molar refractivity (Wildman–Crippen MR) is 74.4 cm³/mol. The Bertz CT molecular complexity index is 548. The zero-order valence-electron chi connectivity index (χ0n) is 9.96. The Kier molecular flexibility index (Phi) is 4.32. The lowest BCUT2D eigenvalue weighted by atomic mass is 10.00. The average Bonchev–Trinajstić information content (AvgIpc) is 2.76. The van der Waals surface area contributed by atoms with Crippen LogP contribution >= 0.6 is 27.3 Å². The summed E-state index contributed by atoms with van der Waals surface area (Å²) in [6.45, 7) is 0. The molecule has 0 spiro atoms. The van der Waals surface area contributed by atoms with Gasteiger partial charge in [0.2, 0.25) is 0 Å². The van der Waals surface area contributed by atoms with Crippen LogP contribution in [0, 0.1) is 0 Å². The van der Waals surface area contributed by atoms with Gasteiger partial charge in [-0.15, -0.1) is 0 Å².